The maximum absolute atomic E-state index is 13.3. The molecule has 1 aromatic carbocycles. The zero-order valence-electron chi connectivity index (χ0n) is 12.4. The first-order valence-electron chi connectivity index (χ1n) is 6.91. The number of nitrogens with one attached hydrogen (secondary N) is 1. The molecular weight excluding hydrogens is 253 g/mol. The quantitative estimate of drug-likeness (QED) is 0.909. The number of rotatable bonds is 4. The molecule has 20 heavy (non-hydrogen) atoms. The van der Waals surface area contributed by atoms with Crippen molar-refractivity contribution in [2.24, 2.45) is 0 Å². The van der Waals surface area contributed by atoms with Crippen LogP contribution in [-0.2, 0) is 0 Å². The average molecular weight is 273 g/mol. The Morgan fingerprint density at radius 1 is 1.25 bits per heavy atom. The topological polar surface area (TPSA) is 37.8 Å². The van der Waals surface area contributed by atoms with E-state index in [-0.39, 0.29) is 5.82 Å². The molecule has 0 spiro atoms. The first kappa shape index (κ1) is 14.4. The number of benzene rings is 1. The number of aromatic nitrogens is 2. The molecule has 0 aliphatic heterocycles. The fourth-order valence-electron chi connectivity index (χ4n) is 2.33. The van der Waals surface area contributed by atoms with Crippen molar-refractivity contribution < 1.29 is 4.39 Å². The standard InChI is InChI=1S/C16H20FN3/c1-5-18-16-14(10(2)3)11(4)19-15(20-16)12-7-6-8-13(17)9-12/h6-10H,5H2,1-4H3,(H,18,19,20). The molecule has 0 aliphatic carbocycles. The molecule has 4 heteroatoms. The van der Waals surface area contributed by atoms with Gasteiger partial charge in [0.2, 0.25) is 0 Å². The molecule has 0 fully saturated rings. The second-order valence-electron chi connectivity index (χ2n) is 5.09. The lowest BCUT2D eigenvalue weighted by Gasteiger charge is -2.16. The van der Waals surface area contributed by atoms with Crippen LogP contribution in [0.15, 0.2) is 24.3 Å². The highest BCUT2D eigenvalue weighted by molar-refractivity contribution is 5.60. The highest BCUT2D eigenvalue weighted by Gasteiger charge is 2.15. The Bertz CT molecular complexity index is 609. The largest absolute Gasteiger partial charge is 0.370 e. The van der Waals surface area contributed by atoms with Crippen LogP contribution in [0.2, 0.25) is 0 Å². The summed E-state index contributed by atoms with van der Waals surface area (Å²) in [5, 5.41) is 3.28. The smallest absolute Gasteiger partial charge is 0.161 e. The minimum Gasteiger partial charge on any atom is -0.370 e. The second-order valence-corrected chi connectivity index (χ2v) is 5.09. The van der Waals surface area contributed by atoms with E-state index < -0.39 is 0 Å². The van der Waals surface area contributed by atoms with E-state index in [1.807, 2.05) is 19.9 Å². The van der Waals surface area contributed by atoms with E-state index >= 15 is 0 Å². The number of halogens is 1. The molecule has 0 unspecified atom stereocenters. The zero-order valence-corrected chi connectivity index (χ0v) is 12.4. The van der Waals surface area contributed by atoms with Crippen molar-refractivity contribution in [3.63, 3.8) is 0 Å². The van der Waals surface area contributed by atoms with Crippen LogP contribution in [0, 0.1) is 12.7 Å². The van der Waals surface area contributed by atoms with Gasteiger partial charge >= 0.3 is 0 Å². The van der Waals surface area contributed by atoms with Gasteiger partial charge < -0.3 is 5.32 Å². The van der Waals surface area contributed by atoms with Crippen LogP contribution in [0.25, 0.3) is 11.4 Å². The lowest BCUT2D eigenvalue weighted by Crippen LogP contribution is -2.09. The van der Waals surface area contributed by atoms with Gasteiger partial charge in [0.05, 0.1) is 0 Å². The highest BCUT2D eigenvalue weighted by atomic mass is 19.1. The molecule has 0 amide bonds. The highest BCUT2D eigenvalue weighted by Crippen LogP contribution is 2.28. The van der Waals surface area contributed by atoms with Crippen LogP contribution >= 0.6 is 0 Å². The molecule has 3 nitrogen and oxygen atoms in total. The molecular formula is C16H20FN3. The summed E-state index contributed by atoms with van der Waals surface area (Å²) in [7, 11) is 0. The van der Waals surface area contributed by atoms with Crippen LogP contribution in [0.3, 0.4) is 0 Å². The third kappa shape index (κ3) is 2.95. The summed E-state index contributed by atoms with van der Waals surface area (Å²) in [6.45, 7) is 9.03. The molecule has 0 radical (unpaired) electrons. The average Bonchev–Trinajstić information content (AvgIpc) is 2.38. The van der Waals surface area contributed by atoms with E-state index in [1.54, 1.807) is 6.07 Å². The maximum atomic E-state index is 13.3. The van der Waals surface area contributed by atoms with Crippen LogP contribution in [-0.4, -0.2) is 16.5 Å². The fraction of sp³-hybridized carbons (Fsp3) is 0.375. The van der Waals surface area contributed by atoms with Gasteiger partial charge in [0.15, 0.2) is 5.82 Å². The molecule has 2 aromatic rings. The van der Waals surface area contributed by atoms with Crippen molar-refractivity contribution in [3.8, 4) is 11.4 Å². The number of anilines is 1. The van der Waals surface area contributed by atoms with E-state index in [4.69, 9.17) is 0 Å². The Hall–Kier alpha value is -1.97. The second kappa shape index (κ2) is 5.99. The Morgan fingerprint density at radius 2 is 2.00 bits per heavy atom. The monoisotopic (exact) mass is 273 g/mol. The summed E-state index contributed by atoms with van der Waals surface area (Å²) in [6, 6.07) is 6.37. The van der Waals surface area contributed by atoms with Gasteiger partial charge in [0.25, 0.3) is 0 Å². The Kier molecular flexibility index (Phi) is 4.32. The van der Waals surface area contributed by atoms with E-state index in [0.29, 0.717) is 17.3 Å². The van der Waals surface area contributed by atoms with Gasteiger partial charge in [-0.3, -0.25) is 0 Å². The summed E-state index contributed by atoms with van der Waals surface area (Å²) in [4.78, 5) is 9.10. The van der Waals surface area contributed by atoms with Crippen molar-refractivity contribution >= 4 is 5.82 Å². The van der Waals surface area contributed by atoms with Gasteiger partial charge in [-0.15, -0.1) is 0 Å². The van der Waals surface area contributed by atoms with Crippen molar-refractivity contribution in [1.29, 1.82) is 0 Å². The molecule has 1 aromatic heterocycles. The van der Waals surface area contributed by atoms with Crippen molar-refractivity contribution in [2.45, 2.75) is 33.6 Å². The molecule has 0 atom stereocenters. The number of nitrogens with zero attached hydrogens (tertiary/aromatic N) is 2. The number of hydrogen-bond donors (Lipinski definition) is 1. The van der Waals surface area contributed by atoms with Crippen LogP contribution in [0.4, 0.5) is 10.2 Å². The van der Waals surface area contributed by atoms with Gasteiger partial charge in [0, 0.05) is 23.4 Å². The summed E-state index contributed by atoms with van der Waals surface area (Å²) in [5.41, 5.74) is 2.75. The lowest BCUT2D eigenvalue weighted by molar-refractivity contribution is 0.628. The third-order valence-corrected chi connectivity index (χ3v) is 3.14. The molecule has 1 N–H and O–H groups in total. The SMILES string of the molecule is CCNc1nc(-c2cccc(F)c2)nc(C)c1C(C)C. The Balaban J connectivity index is 2.56. The van der Waals surface area contributed by atoms with Crippen molar-refractivity contribution in [2.75, 3.05) is 11.9 Å². The normalized spacial score (nSPS) is 10.9. The van der Waals surface area contributed by atoms with E-state index in [2.05, 4.69) is 29.1 Å². The first-order chi connectivity index (χ1) is 9.52. The van der Waals surface area contributed by atoms with E-state index in [1.165, 1.54) is 12.1 Å². The van der Waals surface area contributed by atoms with E-state index in [0.717, 1.165) is 23.6 Å². The molecule has 0 saturated heterocycles. The van der Waals surface area contributed by atoms with Crippen LogP contribution in [0.1, 0.15) is 37.9 Å². The predicted molar refractivity (Wildman–Crippen MR) is 80.4 cm³/mol. The van der Waals surface area contributed by atoms with Gasteiger partial charge in [-0.1, -0.05) is 26.0 Å². The summed E-state index contributed by atoms with van der Waals surface area (Å²) in [5.74, 6) is 1.46. The molecule has 0 saturated carbocycles. The van der Waals surface area contributed by atoms with Gasteiger partial charge in [0.1, 0.15) is 11.6 Å². The Labute approximate surface area is 119 Å². The molecule has 2 rings (SSSR count). The number of hydrogen-bond acceptors (Lipinski definition) is 3. The number of aryl methyl sites for hydroxylation is 1. The van der Waals surface area contributed by atoms with Crippen molar-refractivity contribution in [1.82, 2.24) is 9.97 Å². The Morgan fingerprint density at radius 3 is 2.60 bits per heavy atom. The zero-order chi connectivity index (χ0) is 14.7. The fourth-order valence-corrected chi connectivity index (χ4v) is 2.33. The van der Waals surface area contributed by atoms with Gasteiger partial charge in [-0.05, 0) is 31.9 Å². The molecule has 1 heterocycles. The molecule has 0 aliphatic rings. The molecule has 0 bridgehead atoms. The van der Waals surface area contributed by atoms with Crippen molar-refractivity contribution in [3.05, 3.63) is 41.3 Å². The van der Waals surface area contributed by atoms with E-state index in [9.17, 15) is 4.39 Å². The minimum atomic E-state index is -0.276. The maximum Gasteiger partial charge on any atom is 0.161 e. The minimum absolute atomic E-state index is 0.276. The van der Waals surface area contributed by atoms with Gasteiger partial charge in [-0.2, -0.15) is 0 Å². The third-order valence-electron chi connectivity index (χ3n) is 3.14. The van der Waals surface area contributed by atoms with Crippen LogP contribution in [0.5, 0.6) is 0 Å². The van der Waals surface area contributed by atoms with Gasteiger partial charge in [-0.25, -0.2) is 14.4 Å². The van der Waals surface area contributed by atoms with Crippen LogP contribution < -0.4 is 5.32 Å². The molecule has 106 valence electrons. The summed E-state index contributed by atoms with van der Waals surface area (Å²) in [6.07, 6.45) is 0. The first-order valence-corrected chi connectivity index (χ1v) is 6.91. The predicted octanol–water partition coefficient (Wildman–Crippen LogP) is 4.15. The lowest BCUT2D eigenvalue weighted by atomic mass is 10.0. The summed E-state index contributed by atoms with van der Waals surface area (Å²) >= 11 is 0. The summed E-state index contributed by atoms with van der Waals surface area (Å²) < 4.78 is 13.3.